The van der Waals surface area contributed by atoms with Gasteiger partial charge in [0.25, 0.3) is 5.91 Å². The van der Waals surface area contributed by atoms with E-state index in [-0.39, 0.29) is 5.91 Å². The summed E-state index contributed by atoms with van der Waals surface area (Å²) in [5.74, 6) is 1.23. The first kappa shape index (κ1) is 21.9. The molecule has 4 nitrogen and oxygen atoms in total. The predicted molar refractivity (Wildman–Crippen MR) is 126 cm³/mol. The third-order valence-electron chi connectivity index (χ3n) is 7.53. The van der Waals surface area contributed by atoms with Crippen LogP contribution in [0.5, 0.6) is 5.75 Å². The molecule has 0 aromatic heterocycles. The standard InChI is InChI=1S/C27H36N2O2/c1-4-31-25-11-6-5-9-23(25)20-28-16-12-27(13-17-28)14-18-29(19-15-27)26(30)24-10-7-8-21(2)22(24)3/h5-11H,4,12-20H2,1-3H3. The van der Waals surface area contributed by atoms with E-state index in [1.165, 1.54) is 24.0 Å². The molecule has 166 valence electrons. The topological polar surface area (TPSA) is 32.8 Å². The van der Waals surface area contributed by atoms with Crippen LogP contribution in [-0.4, -0.2) is 48.5 Å². The Morgan fingerprint density at radius 1 is 0.935 bits per heavy atom. The molecule has 1 spiro atoms. The van der Waals surface area contributed by atoms with Gasteiger partial charge in [0, 0.05) is 30.8 Å². The molecule has 2 heterocycles. The molecule has 31 heavy (non-hydrogen) atoms. The van der Waals surface area contributed by atoms with Crippen molar-refractivity contribution in [3.63, 3.8) is 0 Å². The Hall–Kier alpha value is -2.33. The lowest BCUT2D eigenvalue weighted by Gasteiger charge is -2.47. The second-order valence-electron chi connectivity index (χ2n) is 9.36. The Morgan fingerprint density at radius 2 is 1.61 bits per heavy atom. The third kappa shape index (κ3) is 4.79. The molecule has 2 aromatic rings. The minimum absolute atomic E-state index is 0.209. The Labute approximate surface area is 187 Å². The Balaban J connectivity index is 1.32. The zero-order chi connectivity index (χ0) is 21.8. The van der Waals surface area contributed by atoms with Crippen LogP contribution in [0.15, 0.2) is 42.5 Å². The number of nitrogens with zero attached hydrogens (tertiary/aromatic N) is 2. The highest BCUT2D eigenvalue weighted by Gasteiger charge is 2.38. The zero-order valence-corrected chi connectivity index (χ0v) is 19.3. The summed E-state index contributed by atoms with van der Waals surface area (Å²) < 4.78 is 5.81. The third-order valence-corrected chi connectivity index (χ3v) is 7.53. The number of aryl methyl sites for hydroxylation is 1. The zero-order valence-electron chi connectivity index (χ0n) is 19.3. The van der Waals surface area contributed by atoms with Crippen molar-refractivity contribution in [2.24, 2.45) is 5.41 Å². The largest absolute Gasteiger partial charge is 0.494 e. The van der Waals surface area contributed by atoms with Crippen molar-refractivity contribution in [1.82, 2.24) is 9.80 Å². The van der Waals surface area contributed by atoms with Crippen LogP contribution >= 0.6 is 0 Å². The van der Waals surface area contributed by atoms with Gasteiger partial charge in [0.05, 0.1) is 6.61 Å². The molecule has 0 radical (unpaired) electrons. The van der Waals surface area contributed by atoms with Crippen LogP contribution in [0.4, 0.5) is 0 Å². The van der Waals surface area contributed by atoms with Gasteiger partial charge in [0.2, 0.25) is 0 Å². The van der Waals surface area contributed by atoms with E-state index >= 15 is 0 Å². The van der Waals surface area contributed by atoms with Crippen molar-refractivity contribution in [3.8, 4) is 5.75 Å². The molecule has 2 aromatic carbocycles. The molecule has 4 rings (SSSR count). The van der Waals surface area contributed by atoms with Crippen LogP contribution in [0.1, 0.15) is 59.7 Å². The minimum atomic E-state index is 0.209. The number of ether oxygens (including phenoxy) is 1. The molecule has 0 unspecified atom stereocenters. The van der Waals surface area contributed by atoms with E-state index in [9.17, 15) is 4.79 Å². The van der Waals surface area contributed by atoms with E-state index in [0.717, 1.165) is 62.4 Å². The summed E-state index contributed by atoms with van der Waals surface area (Å²) in [6.07, 6.45) is 4.73. The van der Waals surface area contributed by atoms with Crippen molar-refractivity contribution in [2.45, 2.75) is 53.0 Å². The average molecular weight is 421 g/mol. The van der Waals surface area contributed by atoms with Crippen LogP contribution in [0.2, 0.25) is 0 Å². The van der Waals surface area contributed by atoms with E-state index in [2.05, 4.69) is 47.9 Å². The molecule has 0 saturated carbocycles. The maximum absolute atomic E-state index is 13.1. The summed E-state index contributed by atoms with van der Waals surface area (Å²) in [7, 11) is 0. The van der Waals surface area contributed by atoms with Gasteiger partial charge >= 0.3 is 0 Å². The van der Waals surface area contributed by atoms with Crippen LogP contribution in [0.3, 0.4) is 0 Å². The summed E-state index contributed by atoms with van der Waals surface area (Å²) >= 11 is 0. The second-order valence-corrected chi connectivity index (χ2v) is 9.36. The van der Waals surface area contributed by atoms with E-state index in [0.29, 0.717) is 12.0 Å². The van der Waals surface area contributed by atoms with E-state index < -0.39 is 0 Å². The van der Waals surface area contributed by atoms with Crippen LogP contribution in [0, 0.1) is 19.3 Å². The van der Waals surface area contributed by atoms with Crippen molar-refractivity contribution >= 4 is 5.91 Å². The van der Waals surface area contributed by atoms with Crippen LogP contribution in [0.25, 0.3) is 0 Å². The van der Waals surface area contributed by atoms with Crippen LogP contribution in [-0.2, 0) is 6.54 Å². The first-order valence-corrected chi connectivity index (χ1v) is 11.8. The van der Waals surface area contributed by atoms with E-state index in [4.69, 9.17) is 4.74 Å². The van der Waals surface area contributed by atoms with Gasteiger partial charge in [0.15, 0.2) is 0 Å². The van der Waals surface area contributed by atoms with Gasteiger partial charge in [-0.15, -0.1) is 0 Å². The number of rotatable bonds is 5. The molecule has 0 atom stereocenters. The summed E-state index contributed by atoms with van der Waals surface area (Å²) in [6, 6.07) is 14.5. The van der Waals surface area contributed by atoms with Gasteiger partial charge in [-0.2, -0.15) is 0 Å². The fourth-order valence-corrected chi connectivity index (χ4v) is 5.19. The fourth-order valence-electron chi connectivity index (χ4n) is 5.19. The molecular formula is C27H36N2O2. The van der Waals surface area contributed by atoms with Crippen molar-refractivity contribution in [2.75, 3.05) is 32.8 Å². The SMILES string of the molecule is CCOc1ccccc1CN1CCC2(CC1)CCN(C(=O)c1cccc(C)c1C)CC2. The number of para-hydroxylation sites is 1. The lowest BCUT2D eigenvalue weighted by molar-refractivity contribution is 0.0283. The predicted octanol–water partition coefficient (Wildman–Crippen LogP) is 5.22. The van der Waals surface area contributed by atoms with Crippen molar-refractivity contribution < 1.29 is 9.53 Å². The summed E-state index contributed by atoms with van der Waals surface area (Å²) in [4.78, 5) is 17.7. The number of carbonyl (C=O) groups is 1. The normalized spacial score (nSPS) is 18.9. The quantitative estimate of drug-likeness (QED) is 0.665. The number of hydrogen-bond donors (Lipinski definition) is 0. The van der Waals surface area contributed by atoms with Gasteiger partial charge in [-0.05, 0) is 88.2 Å². The number of carbonyl (C=O) groups excluding carboxylic acids is 1. The second kappa shape index (κ2) is 9.44. The molecule has 1 amide bonds. The van der Waals surface area contributed by atoms with E-state index in [1.807, 2.05) is 25.1 Å². The lowest BCUT2D eigenvalue weighted by atomic mass is 9.71. The molecule has 4 heteroatoms. The molecule has 2 aliphatic rings. The molecule has 0 aliphatic carbocycles. The fraction of sp³-hybridized carbons (Fsp3) is 0.519. The summed E-state index contributed by atoms with van der Waals surface area (Å²) in [6.45, 7) is 11.9. The first-order valence-electron chi connectivity index (χ1n) is 11.8. The monoisotopic (exact) mass is 420 g/mol. The number of amides is 1. The Morgan fingerprint density at radius 3 is 2.32 bits per heavy atom. The van der Waals surface area contributed by atoms with Crippen molar-refractivity contribution in [3.05, 3.63) is 64.7 Å². The summed E-state index contributed by atoms with van der Waals surface area (Å²) in [5, 5.41) is 0. The highest BCUT2D eigenvalue weighted by atomic mass is 16.5. The number of hydrogen-bond acceptors (Lipinski definition) is 3. The first-order chi connectivity index (χ1) is 15.0. The molecule has 2 aliphatic heterocycles. The average Bonchev–Trinajstić information content (AvgIpc) is 2.79. The molecule has 2 fully saturated rings. The molecule has 0 N–H and O–H groups in total. The number of likely N-dealkylation sites (tertiary alicyclic amines) is 2. The minimum Gasteiger partial charge on any atom is -0.494 e. The van der Waals surface area contributed by atoms with Crippen LogP contribution < -0.4 is 4.74 Å². The lowest BCUT2D eigenvalue weighted by Crippen LogP contribution is -2.48. The number of piperidine rings is 2. The maximum Gasteiger partial charge on any atom is 0.254 e. The van der Waals surface area contributed by atoms with Gasteiger partial charge in [-0.25, -0.2) is 0 Å². The van der Waals surface area contributed by atoms with Crippen molar-refractivity contribution in [1.29, 1.82) is 0 Å². The van der Waals surface area contributed by atoms with E-state index in [1.54, 1.807) is 0 Å². The Kier molecular flexibility index (Phi) is 6.66. The van der Waals surface area contributed by atoms with Gasteiger partial charge in [0.1, 0.15) is 5.75 Å². The summed E-state index contributed by atoms with van der Waals surface area (Å²) in [5.41, 5.74) is 4.88. The van der Waals surface area contributed by atoms with Gasteiger partial charge in [-0.1, -0.05) is 30.3 Å². The maximum atomic E-state index is 13.1. The number of benzene rings is 2. The van der Waals surface area contributed by atoms with Gasteiger partial charge in [-0.3, -0.25) is 9.69 Å². The Bertz CT molecular complexity index is 905. The molecule has 0 bridgehead atoms. The highest BCUT2D eigenvalue weighted by Crippen LogP contribution is 2.42. The van der Waals surface area contributed by atoms with Gasteiger partial charge < -0.3 is 9.64 Å². The molecular weight excluding hydrogens is 384 g/mol. The molecule has 2 saturated heterocycles. The smallest absolute Gasteiger partial charge is 0.254 e. The highest BCUT2D eigenvalue weighted by molar-refractivity contribution is 5.96.